The number of thioether (sulfide) groups is 1. The van der Waals surface area contributed by atoms with Crippen LogP contribution in [0.5, 0.6) is 0 Å². The summed E-state index contributed by atoms with van der Waals surface area (Å²) in [4.78, 5) is 11.9. The second kappa shape index (κ2) is 4.78. The summed E-state index contributed by atoms with van der Waals surface area (Å²) in [5.41, 5.74) is 8.27. The van der Waals surface area contributed by atoms with E-state index in [1.807, 2.05) is 25.1 Å². The van der Waals surface area contributed by atoms with Crippen LogP contribution in [-0.2, 0) is 4.79 Å². The Morgan fingerprint density at radius 3 is 3.00 bits per heavy atom. The van der Waals surface area contributed by atoms with Gasteiger partial charge in [-0.2, -0.15) is 0 Å². The normalized spacial score (nSPS) is 19.7. The van der Waals surface area contributed by atoms with Crippen molar-refractivity contribution in [3.8, 4) is 0 Å². The standard InChI is InChI=1S/C12H16N2OS/c1-8-7-9(13)4-5-10(8)14-12(15)11-3-2-6-16-11/h4-5,7,11H,2-3,6,13H2,1H3,(H,14,15). The molecular weight excluding hydrogens is 220 g/mol. The summed E-state index contributed by atoms with van der Waals surface area (Å²) in [6.45, 7) is 1.95. The average Bonchev–Trinajstić information content (AvgIpc) is 2.75. The highest BCUT2D eigenvalue weighted by Gasteiger charge is 2.23. The van der Waals surface area contributed by atoms with E-state index in [2.05, 4.69) is 5.32 Å². The first kappa shape index (κ1) is 11.3. The molecule has 0 aromatic heterocycles. The summed E-state index contributed by atoms with van der Waals surface area (Å²) in [7, 11) is 0. The van der Waals surface area contributed by atoms with Gasteiger partial charge in [0, 0.05) is 11.4 Å². The second-order valence-corrected chi connectivity index (χ2v) is 5.38. The van der Waals surface area contributed by atoms with E-state index < -0.39 is 0 Å². The van der Waals surface area contributed by atoms with Crippen LogP contribution in [0, 0.1) is 6.92 Å². The van der Waals surface area contributed by atoms with Crippen molar-refractivity contribution in [3.63, 3.8) is 0 Å². The third kappa shape index (κ3) is 2.50. The summed E-state index contributed by atoms with van der Waals surface area (Å²) in [5.74, 6) is 1.22. The largest absolute Gasteiger partial charge is 0.399 e. The van der Waals surface area contributed by atoms with E-state index in [1.54, 1.807) is 11.8 Å². The van der Waals surface area contributed by atoms with Gasteiger partial charge in [-0.15, -0.1) is 11.8 Å². The van der Waals surface area contributed by atoms with Crippen LogP contribution in [0.1, 0.15) is 18.4 Å². The van der Waals surface area contributed by atoms with Gasteiger partial charge in [0.05, 0.1) is 5.25 Å². The first-order valence-corrected chi connectivity index (χ1v) is 6.50. The van der Waals surface area contributed by atoms with Gasteiger partial charge in [-0.3, -0.25) is 4.79 Å². The van der Waals surface area contributed by atoms with Crippen molar-refractivity contribution < 1.29 is 4.79 Å². The lowest BCUT2D eigenvalue weighted by Gasteiger charge is -2.12. The zero-order valence-electron chi connectivity index (χ0n) is 9.32. The number of benzene rings is 1. The molecule has 0 saturated carbocycles. The molecule has 2 rings (SSSR count). The van der Waals surface area contributed by atoms with Crippen LogP contribution in [0.4, 0.5) is 11.4 Å². The molecule has 0 aliphatic carbocycles. The fraction of sp³-hybridized carbons (Fsp3) is 0.417. The van der Waals surface area contributed by atoms with Crippen LogP contribution >= 0.6 is 11.8 Å². The van der Waals surface area contributed by atoms with E-state index in [0.717, 1.165) is 35.5 Å². The first-order valence-electron chi connectivity index (χ1n) is 5.45. The highest BCUT2D eigenvalue weighted by molar-refractivity contribution is 8.00. The molecule has 1 aliphatic rings. The van der Waals surface area contributed by atoms with Crippen molar-refractivity contribution in [1.29, 1.82) is 0 Å². The number of nitrogens with one attached hydrogen (secondary N) is 1. The summed E-state index contributed by atoms with van der Waals surface area (Å²) >= 11 is 1.74. The summed E-state index contributed by atoms with van der Waals surface area (Å²) in [6, 6.07) is 5.55. The lowest BCUT2D eigenvalue weighted by atomic mass is 10.1. The van der Waals surface area contributed by atoms with E-state index in [-0.39, 0.29) is 11.2 Å². The Kier molecular flexibility index (Phi) is 3.39. The van der Waals surface area contributed by atoms with Gasteiger partial charge in [-0.05, 0) is 49.3 Å². The zero-order chi connectivity index (χ0) is 11.5. The van der Waals surface area contributed by atoms with Crippen LogP contribution < -0.4 is 11.1 Å². The Hall–Kier alpha value is -1.16. The van der Waals surface area contributed by atoms with Gasteiger partial charge in [-0.25, -0.2) is 0 Å². The molecular formula is C12H16N2OS. The highest BCUT2D eigenvalue weighted by atomic mass is 32.2. The Balaban J connectivity index is 2.05. The molecule has 16 heavy (non-hydrogen) atoms. The number of nitrogen functional groups attached to an aromatic ring is 1. The summed E-state index contributed by atoms with van der Waals surface area (Å²) in [5, 5.41) is 3.09. The molecule has 86 valence electrons. The minimum absolute atomic E-state index is 0.121. The molecule has 0 bridgehead atoms. The number of anilines is 2. The van der Waals surface area contributed by atoms with E-state index in [1.165, 1.54) is 0 Å². The van der Waals surface area contributed by atoms with Crippen molar-refractivity contribution in [1.82, 2.24) is 0 Å². The molecule has 1 aromatic rings. The molecule has 4 heteroatoms. The fourth-order valence-electron chi connectivity index (χ4n) is 1.82. The molecule has 1 fully saturated rings. The maximum absolute atomic E-state index is 11.9. The molecule has 1 atom stereocenters. The Labute approximate surface area is 99.8 Å². The Bertz CT molecular complexity index is 400. The molecule has 1 heterocycles. The number of aryl methyl sites for hydroxylation is 1. The lowest BCUT2D eigenvalue weighted by Crippen LogP contribution is -2.23. The number of carbonyl (C=O) groups excluding carboxylic acids is 1. The molecule has 1 unspecified atom stereocenters. The van der Waals surface area contributed by atoms with Crippen LogP contribution in [-0.4, -0.2) is 16.9 Å². The monoisotopic (exact) mass is 236 g/mol. The van der Waals surface area contributed by atoms with Crippen molar-refractivity contribution >= 4 is 29.0 Å². The maximum Gasteiger partial charge on any atom is 0.237 e. The molecule has 1 amide bonds. The molecule has 1 saturated heterocycles. The summed E-state index contributed by atoms with van der Waals surface area (Å²) in [6.07, 6.45) is 2.13. The Morgan fingerprint density at radius 2 is 2.38 bits per heavy atom. The van der Waals surface area contributed by atoms with Crippen LogP contribution in [0.15, 0.2) is 18.2 Å². The number of carbonyl (C=O) groups is 1. The van der Waals surface area contributed by atoms with Crippen LogP contribution in [0.3, 0.4) is 0 Å². The van der Waals surface area contributed by atoms with Crippen LogP contribution in [0.25, 0.3) is 0 Å². The maximum atomic E-state index is 11.9. The fourth-order valence-corrected chi connectivity index (χ4v) is 2.99. The number of nitrogens with two attached hydrogens (primary N) is 1. The summed E-state index contributed by atoms with van der Waals surface area (Å²) < 4.78 is 0. The molecule has 1 aromatic carbocycles. The molecule has 3 nitrogen and oxygen atoms in total. The molecule has 0 radical (unpaired) electrons. The zero-order valence-corrected chi connectivity index (χ0v) is 10.1. The van der Waals surface area contributed by atoms with Gasteiger partial charge in [0.15, 0.2) is 0 Å². The van der Waals surface area contributed by atoms with Crippen molar-refractivity contribution in [3.05, 3.63) is 23.8 Å². The predicted octanol–water partition coefficient (Wildman–Crippen LogP) is 2.41. The number of rotatable bonds is 2. The van der Waals surface area contributed by atoms with Crippen molar-refractivity contribution in [2.24, 2.45) is 0 Å². The minimum Gasteiger partial charge on any atom is -0.399 e. The highest BCUT2D eigenvalue weighted by Crippen LogP contribution is 2.28. The smallest absolute Gasteiger partial charge is 0.237 e. The van der Waals surface area contributed by atoms with Crippen LogP contribution in [0.2, 0.25) is 0 Å². The van der Waals surface area contributed by atoms with E-state index in [4.69, 9.17) is 5.73 Å². The van der Waals surface area contributed by atoms with Gasteiger partial charge >= 0.3 is 0 Å². The quantitative estimate of drug-likeness (QED) is 0.775. The SMILES string of the molecule is Cc1cc(N)ccc1NC(=O)C1CCCS1. The predicted molar refractivity (Wildman–Crippen MR) is 69.7 cm³/mol. The second-order valence-electron chi connectivity index (χ2n) is 4.07. The average molecular weight is 236 g/mol. The molecule has 3 N–H and O–H groups in total. The van der Waals surface area contributed by atoms with E-state index in [9.17, 15) is 4.79 Å². The Morgan fingerprint density at radius 1 is 1.56 bits per heavy atom. The minimum atomic E-state index is 0.121. The number of hydrogen-bond acceptors (Lipinski definition) is 3. The third-order valence-electron chi connectivity index (χ3n) is 2.73. The topological polar surface area (TPSA) is 55.1 Å². The third-order valence-corrected chi connectivity index (χ3v) is 4.11. The lowest BCUT2D eigenvalue weighted by molar-refractivity contribution is -0.115. The number of hydrogen-bond donors (Lipinski definition) is 2. The van der Waals surface area contributed by atoms with Gasteiger partial charge in [0.1, 0.15) is 0 Å². The van der Waals surface area contributed by atoms with Gasteiger partial charge in [0.25, 0.3) is 0 Å². The van der Waals surface area contributed by atoms with Crippen molar-refractivity contribution in [2.45, 2.75) is 25.0 Å². The van der Waals surface area contributed by atoms with E-state index in [0.29, 0.717) is 0 Å². The molecule has 0 spiro atoms. The van der Waals surface area contributed by atoms with Gasteiger partial charge in [0.2, 0.25) is 5.91 Å². The van der Waals surface area contributed by atoms with Crippen molar-refractivity contribution in [2.75, 3.05) is 16.8 Å². The first-order chi connectivity index (χ1) is 7.66. The molecule has 1 aliphatic heterocycles. The van der Waals surface area contributed by atoms with Gasteiger partial charge in [-0.1, -0.05) is 0 Å². The van der Waals surface area contributed by atoms with E-state index >= 15 is 0 Å². The number of amides is 1. The van der Waals surface area contributed by atoms with Gasteiger partial charge < -0.3 is 11.1 Å².